The predicted octanol–water partition coefficient (Wildman–Crippen LogP) is 3.99. The number of esters is 1. The van der Waals surface area contributed by atoms with E-state index in [4.69, 9.17) is 13.9 Å². The van der Waals surface area contributed by atoms with Crippen LogP contribution in [0.25, 0.3) is 0 Å². The van der Waals surface area contributed by atoms with E-state index in [1.54, 1.807) is 11.0 Å². The zero-order valence-electron chi connectivity index (χ0n) is 23.8. The van der Waals surface area contributed by atoms with E-state index in [0.717, 1.165) is 50.5 Å². The van der Waals surface area contributed by atoms with E-state index in [1.807, 2.05) is 0 Å². The highest BCUT2D eigenvalue weighted by atomic mass is 16.6. The molecule has 0 aromatic carbocycles. The molecule has 220 valence electrons. The number of nitrogens with zero attached hydrogens (tertiary/aromatic N) is 1. The summed E-state index contributed by atoms with van der Waals surface area (Å²) >= 11 is 0. The van der Waals surface area contributed by atoms with Gasteiger partial charge >= 0.3 is 17.7 Å². The molecule has 9 nitrogen and oxygen atoms in total. The van der Waals surface area contributed by atoms with Crippen LogP contribution < -0.4 is 5.63 Å². The Bertz CT molecular complexity index is 1200. The molecule has 1 aromatic heterocycles. The highest BCUT2D eigenvalue weighted by molar-refractivity contribution is 5.68. The number of aliphatic hydroxyl groups is 2. The third-order valence-electron chi connectivity index (χ3n) is 11.9. The fourth-order valence-electron chi connectivity index (χ4n) is 9.88. The highest BCUT2D eigenvalue weighted by Crippen LogP contribution is 2.71. The molecule has 5 aliphatic rings. The maximum atomic E-state index is 12.7. The Morgan fingerprint density at radius 1 is 1.05 bits per heavy atom. The van der Waals surface area contributed by atoms with Crippen molar-refractivity contribution >= 4 is 12.1 Å². The summed E-state index contributed by atoms with van der Waals surface area (Å²) in [5.74, 6) is 0.150. The Labute approximate surface area is 235 Å². The van der Waals surface area contributed by atoms with Crippen molar-refractivity contribution in [2.24, 2.45) is 28.6 Å². The summed E-state index contributed by atoms with van der Waals surface area (Å²) in [6, 6.07) is 3.15. The molecule has 1 amide bonds. The van der Waals surface area contributed by atoms with Crippen molar-refractivity contribution in [3.8, 4) is 0 Å². The Hall–Kier alpha value is -2.39. The van der Waals surface area contributed by atoms with Gasteiger partial charge in [0.1, 0.15) is 12.2 Å². The first-order valence-corrected chi connectivity index (χ1v) is 15.1. The minimum absolute atomic E-state index is 0.0290. The van der Waals surface area contributed by atoms with E-state index in [9.17, 15) is 24.6 Å². The molecule has 2 N–H and O–H groups in total. The van der Waals surface area contributed by atoms with Crippen LogP contribution in [0.3, 0.4) is 0 Å². The Morgan fingerprint density at radius 2 is 1.85 bits per heavy atom. The molecule has 2 heterocycles. The van der Waals surface area contributed by atoms with Gasteiger partial charge in [-0.15, -0.1) is 0 Å². The van der Waals surface area contributed by atoms with Crippen molar-refractivity contribution in [1.82, 2.24) is 4.90 Å². The molecule has 5 fully saturated rings. The number of likely N-dealkylation sites (tertiary alicyclic amines) is 1. The number of β-amino-alcohol motifs (C(OH)–C–C–N with tert-alkyl or cyclic N) is 1. The second kappa shape index (κ2) is 9.86. The molecule has 10 atom stereocenters. The molecule has 0 radical (unpaired) electrons. The summed E-state index contributed by atoms with van der Waals surface area (Å²) in [4.78, 5) is 38.2. The third-order valence-corrected chi connectivity index (χ3v) is 11.9. The number of hydrogen-bond donors (Lipinski definition) is 2. The summed E-state index contributed by atoms with van der Waals surface area (Å²) in [7, 11) is 0. The van der Waals surface area contributed by atoms with Gasteiger partial charge in [0, 0.05) is 43.8 Å². The number of ether oxygens (including phenoxy) is 2. The number of amides is 1. The molecule has 9 heteroatoms. The van der Waals surface area contributed by atoms with E-state index < -0.39 is 28.8 Å². The fourth-order valence-corrected chi connectivity index (χ4v) is 9.88. The first-order chi connectivity index (χ1) is 18.9. The molecular formula is C31H43NO8. The molecule has 1 aliphatic heterocycles. The van der Waals surface area contributed by atoms with E-state index in [2.05, 4.69) is 13.8 Å². The molecule has 1 aromatic rings. The van der Waals surface area contributed by atoms with Crippen LogP contribution in [0.15, 0.2) is 27.6 Å². The lowest BCUT2D eigenvalue weighted by atomic mass is 9.43. The average molecular weight is 558 g/mol. The predicted molar refractivity (Wildman–Crippen MR) is 144 cm³/mol. The van der Waals surface area contributed by atoms with Gasteiger partial charge in [-0.25, -0.2) is 9.59 Å². The van der Waals surface area contributed by atoms with E-state index >= 15 is 0 Å². The Balaban J connectivity index is 1.23. The summed E-state index contributed by atoms with van der Waals surface area (Å²) in [6.45, 7) is 6.79. The van der Waals surface area contributed by atoms with Gasteiger partial charge in [-0.1, -0.05) is 13.8 Å². The second-order valence-electron chi connectivity index (χ2n) is 13.8. The van der Waals surface area contributed by atoms with Crippen LogP contribution >= 0.6 is 0 Å². The largest absolute Gasteiger partial charge is 0.462 e. The summed E-state index contributed by atoms with van der Waals surface area (Å²) < 4.78 is 17.0. The topological polar surface area (TPSA) is 127 Å². The van der Waals surface area contributed by atoms with Crippen molar-refractivity contribution < 1.29 is 33.7 Å². The monoisotopic (exact) mass is 557 g/mol. The first-order valence-electron chi connectivity index (χ1n) is 15.1. The van der Waals surface area contributed by atoms with Gasteiger partial charge in [0.2, 0.25) is 0 Å². The maximum absolute atomic E-state index is 12.7. The molecule has 0 unspecified atom stereocenters. The molecule has 4 aliphatic carbocycles. The van der Waals surface area contributed by atoms with Crippen molar-refractivity contribution in [1.29, 1.82) is 0 Å². The second-order valence-corrected chi connectivity index (χ2v) is 13.8. The molecule has 0 spiro atoms. The third kappa shape index (κ3) is 4.30. The normalized spacial score (nSPS) is 44.3. The maximum Gasteiger partial charge on any atom is 0.410 e. The molecule has 6 rings (SSSR count). The quantitative estimate of drug-likeness (QED) is 0.534. The SMILES string of the molecule is CC(=O)O[C@H]1C[C@]2(O)[C@@H]3CC[C@@H]4C[C@@H](OC(=O)N5CC[C@H](O)C5)CC[C@]4(C)[C@H]3CC[C@]2(C)[C@H]1c1ccc(=O)oc1. The number of rotatable bonds is 3. The Kier molecular flexibility index (Phi) is 6.85. The number of fused-ring (bicyclic) bond motifs is 5. The van der Waals surface area contributed by atoms with E-state index in [1.165, 1.54) is 19.3 Å². The van der Waals surface area contributed by atoms with Gasteiger partial charge in [-0.05, 0) is 86.2 Å². The molecular weight excluding hydrogens is 514 g/mol. The minimum Gasteiger partial charge on any atom is -0.462 e. The van der Waals surface area contributed by atoms with Gasteiger partial charge in [-0.3, -0.25) is 4.79 Å². The molecule has 0 bridgehead atoms. The zero-order valence-corrected chi connectivity index (χ0v) is 23.8. The van der Waals surface area contributed by atoms with Crippen molar-refractivity contribution in [3.63, 3.8) is 0 Å². The Morgan fingerprint density at radius 3 is 2.52 bits per heavy atom. The first kappa shape index (κ1) is 27.8. The van der Waals surface area contributed by atoms with Crippen LogP contribution in [0.4, 0.5) is 4.79 Å². The zero-order chi connectivity index (χ0) is 28.4. The van der Waals surface area contributed by atoms with E-state index in [-0.39, 0.29) is 35.4 Å². The summed E-state index contributed by atoms with van der Waals surface area (Å²) in [5.41, 5.74) is -1.17. The van der Waals surface area contributed by atoms with Crippen LogP contribution in [0, 0.1) is 28.6 Å². The van der Waals surface area contributed by atoms with Gasteiger partial charge in [-0.2, -0.15) is 0 Å². The minimum atomic E-state index is -1.02. The number of hydrogen-bond acceptors (Lipinski definition) is 8. The lowest BCUT2D eigenvalue weighted by molar-refractivity contribution is -0.205. The number of carbonyl (C=O) groups excluding carboxylic acids is 2. The van der Waals surface area contributed by atoms with Crippen LogP contribution in [0.5, 0.6) is 0 Å². The van der Waals surface area contributed by atoms with Crippen LogP contribution in [-0.4, -0.2) is 64.2 Å². The lowest BCUT2D eigenvalue weighted by Crippen LogP contribution is -2.62. The van der Waals surface area contributed by atoms with Crippen molar-refractivity contribution in [3.05, 3.63) is 34.4 Å². The number of aliphatic hydroxyl groups excluding tert-OH is 1. The standard InChI is InChI=1S/C31H43NO8/c1-18(33)39-25-15-31(37)24-6-5-20-14-22(40-28(36)32-13-10-21(34)16-32)8-11-29(20,2)23(24)9-12-30(31,3)27(25)19-4-7-26(35)38-17-19/h4,7,17,20-25,27,34,37H,5-6,8-16H2,1-3H3/t20-,21+,22+,23+,24-,25+,27+,29+,30-,31+/m1/s1. The number of carbonyl (C=O) groups is 2. The summed E-state index contributed by atoms with van der Waals surface area (Å²) in [6.07, 6.45) is 7.20. The summed E-state index contributed by atoms with van der Waals surface area (Å²) in [5, 5.41) is 22.5. The molecule has 4 saturated carbocycles. The van der Waals surface area contributed by atoms with Crippen molar-refractivity contribution in [2.75, 3.05) is 13.1 Å². The van der Waals surface area contributed by atoms with Gasteiger partial charge < -0.3 is 29.0 Å². The fraction of sp³-hybridized carbons (Fsp3) is 0.774. The smallest absolute Gasteiger partial charge is 0.410 e. The van der Waals surface area contributed by atoms with Crippen LogP contribution in [0.1, 0.15) is 90.0 Å². The van der Waals surface area contributed by atoms with Gasteiger partial charge in [0.15, 0.2) is 0 Å². The molecule has 40 heavy (non-hydrogen) atoms. The van der Waals surface area contributed by atoms with Crippen LogP contribution in [0.2, 0.25) is 0 Å². The average Bonchev–Trinajstić information content (AvgIpc) is 3.43. The molecule has 1 saturated heterocycles. The van der Waals surface area contributed by atoms with Crippen LogP contribution in [-0.2, 0) is 14.3 Å². The van der Waals surface area contributed by atoms with Crippen molar-refractivity contribution in [2.45, 2.75) is 108 Å². The van der Waals surface area contributed by atoms with E-state index in [0.29, 0.717) is 37.8 Å². The van der Waals surface area contributed by atoms with Gasteiger partial charge in [0.25, 0.3) is 0 Å². The lowest BCUT2D eigenvalue weighted by Gasteiger charge is -2.63. The highest BCUT2D eigenvalue weighted by Gasteiger charge is 2.70. The van der Waals surface area contributed by atoms with Gasteiger partial charge in [0.05, 0.1) is 18.0 Å².